The van der Waals surface area contributed by atoms with Gasteiger partial charge in [0.25, 0.3) is 0 Å². The SMILES string of the molecule is COc1cc2c(c(C)c1-c1cc(N)n[nH]1)CCCC2. The van der Waals surface area contributed by atoms with Crippen LogP contribution in [0.3, 0.4) is 0 Å². The number of nitrogens with one attached hydrogen (secondary N) is 1. The van der Waals surface area contributed by atoms with Gasteiger partial charge in [0.2, 0.25) is 0 Å². The Morgan fingerprint density at radius 2 is 2.05 bits per heavy atom. The number of nitrogen functional groups attached to an aromatic ring is 1. The van der Waals surface area contributed by atoms with Crippen LogP contribution in [0.5, 0.6) is 5.75 Å². The molecule has 4 nitrogen and oxygen atoms in total. The molecule has 1 aliphatic carbocycles. The normalized spacial score (nSPS) is 14.2. The molecule has 1 aromatic carbocycles. The Morgan fingerprint density at radius 1 is 1.26 bits per heavy atom. The quantitative estimate of drug-likeness (QED) is 0.869. The molecule has 0 radical (unpaired) electrons. The Balaban J connectivity index is 2.22. The van der Waals surface area contributed by atoms with Crippen molar-refractivity contribution in [2.45, 2.75) is 32.6 Å². The van der Waals surface area contributed by atoms with E-state index >= 15 is 0 Å². The van der Waals surface area contributed by atoms with Crippen molar-refractivity contribution in [3.05, 3.63) is 28.8 Å². The van der Waals surface area contributed by atoms with Crippen molar-refractivity contribution in [2.24, 2.45) is 0 Å². The summed E-state index contributed by atoms with van der Waals surface area (Å²) >= 11 is 0. The maximum Gasteiger partial charge on any atom is 0.145 e. The van der Waals surface area contributed by atoms with E-state index in [1.807, 2.05) is 6.07 Å². The maximum absolute atomic E-state index is 5.71. The Hall–Kier alpha value is -1.97. The van der Waals surface area contributed by atoms with Gasteiger partial charge in [0.05, 0.1) is 12.8 Å². The van der Waals surface area contributed by atoms with Crippen molar-refractivity contribution in [2.75, 3.05) is 12.8 Å². The second-order valence-corrected chi connectivity index (χ2v) is 5.13. The fourth-order valence-corrected chi connectivity index (χ4v) is 3.04. The standard InChI is InChI=1S/C15H19N3O/c1-9-11-6-4-3-5-10(11)7-13(19-2)15(9)12-8-14(16)18-17-12/h7-8H,3-6H2,1-2H3,(H3,16,17,18). The van der Waals surface area contributed by atoms with Gasteiger partial charge in [0.15, 0.2) is 0 Å². The van der Waals surface area contributed by atoms with Crippen LogP contribution in [-0.2, 0) is 12.8 Å². The maximum atomic E-state index is 5.71. The van der Waals surface area contributed by atoms with E-state index in [2.05, 4.69) is 23.2 Å². The van der Waals surface area contributed by atoms with Crippen molar-refractivity contribution < 1.29 is 4.74 Å². The fourth-order valence-electron chi connectivity index (χ4n) is 3.04. The van der Waals surface area contributed by atoms with Gasteiger partial charge in [0, 0.05) is 11.6 Å². The average molecular weight is 257 g/mol. The van der Waals surface area contributed by atoms with Crippen molar-refractivity contribution >= 4 is 5.82 Å². The summed E-state index contributed by atoms with van der Waals surface area (Å²) in [5.41, 5.74) is 11.9. The zero-order valence-corrected chi connectivity index (χ0v) is 11.4. The number of benzene rings is 1. The number of hydrogen-bond acceptors (Lipinski definition) is 3. The molecule has 100 valence electrons. The molecule has 1 aliphatic rings. The summed E-state index contributed by atoms with van der Waals surface area (Å²) in [5.74, 6) is 1.41. The summed E-state index contributed by atoms with van der Waals surface area (Å²) in [4.78, 5) is 0. The van der Waals surface area contributed by atoms with Crippen LogP contribution in [0.2, 0.25) is 0 Å². The minimum Gasteiger partial charge on any atom is -0.496 e. The highest BCUT2D eigenvalue weighted by Crippen LogP contribution is 2.39. The number of methoxy groups -OCH3 is 1. The van der Waals surface area contributed by atoms with E-state index in [4.69, 9.17) is 10.5 Å². The second kappa shape index (κ2) is 4.61. The third-order valence-electron chi connectivity index (χ3n) is 3.98. The van der Waals surface area contributed by atoms with Gasteiger partial charge in [-0.3, -0.25) is 5.10 Å². The van der Waals surface area contributed by atoms with Gasteiger partial charge in [-0.15, -0.1) is 0 Å². The van der Waals surface area contributed by atoms with Gasteiger partial charge in [-0.05, 0) is 55.4 Å². The molecular formula is C15H19N3O. The zero-order valence-electron chi connectivity index (χ0n) is 11.4. The number of aromatic nitrogens is 2. The Labute approximate surface area is 113 Å². The molecule has 0 unspecified atom stereocenters. The van der Waals surface area contributed by atoms with Crippen LogP contribution in [0.4, 0.5) is 5.82 Å². The largest absolute Gasteiger partial charge is 0.496 e. The Morgan fingerprint density at radius 3 is 2.74 bits per heavy atom. The molecule has 1 heterocycles. The highest BCUT2D eigenvalue weighted by atomic mass is 16.5. The second-order valence-electron chi connectivity index (χ2n) is 5.13. The van der Waals surface area contributed by atoms with Gasteiger partial charge in [-0.1, -0.05) is 0 Å². The molecule has 0 saturated heterocycles. The van der Waals surface area contributed by atoms with Gasteiger partial charge >= 0.3 is 0 Å². The number of nitrogens with two attached hydrogens (primary N) is 1. The molecule has 2 aromatic rings. The summed E-state index contributed by atoms with van der Waals surface area (Å²) in [6.45, 7) is 2.17. The molecule has 4 heteroatoms. The Bertz CT molecular complexity index is 616. The number of nitrogens with zero attached hydrogens (tertiary/aromatic N) is 1. The van der Waals surface area contributed by atoms with Crippen LogP contribution in [-0.4, -0.2) is 17.3 Å². The van der Waals surface area contributed by atoms with E-state index in [0.29, 0.717) is 5.82 Å². The smallest absolute Gasteiger partial charge is 0.145 e. The number of H-pyrrole nitrogens is 1. The molecule has 1 aromatic heterocycles. The summed E-state index contributed by atoms with van der Waals surface area (Å²) < 4.78 is 5.57. The molecule has 0 amide bonds. The summed E-state index contributed by atoms with van der Waals surface area (Å²) in [6.07, 6.45) is 4.84. The first-order valence-electron chi connectivity index (χ1n) is 6.71. The van der Waals surface area contributed by atoms with Gasteiger partial charge < -0.3 is 10.5 Å². The summed E-state index contributed by atoms with van der Waals surface area (Å²) in [6, 6.07) is 4.04. The fraction of sp³-hybridized carbons (Fsp3) is 0.400. The van der Waals surface area contributed by atoms with E-state index in [-0.39, 0.29) is 0 Å². The molecule has 0 atom stereocenters. The number of hydrogen-bond donors (Lipinski definition) is 2. The van der Waals surface area contributed by atoms with E-state index in [9.17, 15) is 0 Å². The van der Waals surface area contributed by atoms with Crippen LogP contribution in [0.1, 0.15) is 29.5 Å². The lowest BCUT2D eigenvalue weighted by Gasteiger charge is -2.22. The van der Waals surface area contributed by atoms with Crippen molar-refractivity contribution in [3.8, 4) is 17.0 Å². The zero-order chi connectivity index (χ0) is 13.4. The highest BCUT2D eigenvalue weighted by molar-refractivity contribution is 5.75. The molecule has 19 heavy (non-hydrogen) atoms. The number of fused-ring (bicyclic) bond motifs is 1. The van der Waals surface area contributed by atoms with Gasteiger partial charge in [-0.25, -0.2) is 0 Å². The predicted molar refractivity (Wildman–Crippen MR) is 76.4 cm³/mol. The molecule has 0 bridgehead atoms. The summed E-state index contributed by atoms with van der Waals surface area (Å²) in [5, 5.41) is 7.01. The van der Waals surface area contributed by atoms with Crippen LogP contribution in [0.15, 0.2) is 12.1 Å². The predicted octanol–water partition coefficient (Wildman–Crippen LogP) is 2.85. The first-order chi connectivity index (χ1) is 9.20. The lowest BCUT2D eigenvalue weighted by Crippen LogP contribution is -2.07. The van der Waals surface area contributed by atoms with E-state index in [0.717, 1.165) is 29.8 Å². The first kappa shape index (κ1) is 12.1. The number of aryl methyl sites for hydroxylation is 1. The topological polar surface area (TPSA) is 63.9 Å². The number of rotatable bonds is 2. The average Bonchev–Trinajstić information content (AvgIpc) is 2.84. The molecule has 0 saturated carbocycles. The number of anilines is 1. The van der Waals surface area contributed by atoms with Crippen molar-refractivity contribution in [1.82, 2.24) is 10.2 Å². The van der Waals surface area contributed by atoms with Crippen LogP contribution >= 0.6 is 0 Å². The highest BCUT2D eigenvalue weighted by Gasteiger charge is 2.20. The van der Waals surface area contributed by atoms with Gasteiger partial charge in [0.1, 0.15) is 11.6 Å². The number of aromatic amines is 1. The van der Waals surface area contributed by atoms with E-state index in [1.165, 1.54) is 29.5 Å². The van der Waals surface area contributed by atoms with Crippen LogP contribution in [0, 0.1) is 6.92 Å². The molecule has 0 fully saturated rings. The number of ether oxygens (including phenoxy) is 1. The van der Waals surface area contributed by atoms with Gasteiger partial charge in [-0.2, -0.15) is 5.10 Å². The summed E-state index contributed by atoms with van der Waals surface area (Å²) in [7, 11) is 1.72. The third kappa shape index (κ3) is 1.97. The lowest BCUT2D eigenvalue weighted by molar-refractivity contribution is 0.414. The minimum absolute atomic E-state index is 0.508. The molecule has 3 rings (SSSR count). The van der Waals surface area contributed by atoms with Crippen molar-refractivity contribution in [1.29, 1.82) is 0 Å². The molecule has 0 spiro atoms. The first-order valence-corrected chi connectivity index (χ1v) is 6.71. The third-order valence-corrected chi connectivity index (χ3v) is 3.98. The van der Waals surface area contributed by atoms with Crippen molar-refractivity contribution in [3.63, 3.8) is 0 Å². The van der Waals surface area contributed by atoms with Crippen LogP contribution < -0.4 is 10.5 Å². The van der Waals surface area contributed by atoms with E-state index < -0.39 is 0 Å². The molecular weight excluding hydrogens is 238 g/mol. The monoisotopic (exact) mass is 257 g/mol. The van der Waals surface area contributed by atoms with Crippen LogP contribution in [0.25, 0.3) is 11.3 Å². The minimum atomic E-state index is 0.508. The Kier molecular flexibility index (Phi) is 2.93. The van der Waals surface area contributed by atoms with E-state index in [1.54, 1.807) is 7.11 Å². The lowest BCUT2D eigenvalue weighted by atomic mass is 9.85. The molecule has 0 aliphatic heterocycles. The molecule has 3 N–H and O–H groups in total.